The molecule has 1 fully saturated rings. The maximum Gasteiger partial charge on any atom is 0.240 e. The molecule has 5 heteroatoms. The molecule has 2 rings (SSSR count). The molecule has 1 saturated carbocycles. The Labute approximate surface area is 102 Å². The zero-order valence-corrected chi connectivity index (χ0v) is 10.5. The van der Waals surface area contributed by atoms with Gasteiger partial charge in [-0.3, -0.25) is 0 Å². The van der Waals surface area contributed by atoms with Crippen molar-refractivity contribution in [3.05, 3.63) is 12.5 Å². The van der Waals surface area contributed by atoms with E-state index in [2.05, 4.69) is 29.0 Å². The zero-order valence-electron chi connectivity index (χ0n) is 10.5. The first-order valence-corrected chi connectivity index (χ1v) is 6.05. The summed E-state index contributed by atoms with van der Waals surface area (Å²) in [4.78, 5) is 10.2. The van der Waals surface area contributed by atoms with Crippen molar-refractivity contribution in [3.8, 4) is 5.88 Å². The standard InChI is InChI=1S/C12H20N4O/c1-16(2)9-3-5-10(6-4-9)17-12-11(13)7-14-8-15-12/h7-10H,3-6,13H2,1-2H3. The van der Waals surface area contributed by atoms with Gasteiger partial charge in [0, 0.05) is 6.04 Å². The number of anilines is 1. The Morgan fingerprint density at radius 3 is 2.59 bits per heavy atom. The number of nitrogens with two attached hydrogens (primary N) is 1. The van der Waals surface area contributed by atoms with Crippen LogP contribution in [0.4, 0.5) is 5.69 Å². The van der Waals surface area contributed by atoms with Gasteiger partial charge >= 0.3 is 0 Å². The smallest absolute Gasteiger partial charge is 0.240 e. The van der Waals surface area contributed by atoms with Gasteiger partial charge in [0.1, 0.15) is 18.1 Å². The topological polar surface area (TPSA) is 64.3 Å². The van der Waals surface area contributed by atoms with Crippen molar-refractivity contribution in [2.45, 2.75) is 37.8 Å². The van der Waals surface area contributed by atoms with Crippen LogP contribution in [0.25, 0.3) is 0 Å². The van der Waals surface area contributed by atoms with Gasteiger partial charge in [0.25, 0.3) is 0 Å². The van der Waals surface area contributed by atoms with Gasteiger partial charge in [0.05, 0.1) is 6.20 Å². The summed E-state index contributed by atoms with van der Waals surface area (Å²) in [6, 6.07) is 0.678. The molecule has 0 amide bonds. The van der Waals surface area contributed by atoms with Crippen LogP contribution in [0.2, 0.25) is 0 Å². The molecule has 94 valence electrons. The molecule has 0 aromatic carbocycles. The van der Waals surface area contributed by atoms with Crippen molar-refractivity contribution in [1.29, 1.82) is 0 Å². The normalized spacial score (nSPS) is 24.9. The minimum Gasteiger partial charge on any atom is -0.473 e. The Bertz CT molecular complexity index is 361. The second kappa shape index (κ2) is 5.31. The lowest BCUT2D eigenvalue weighted by atomic mass is 9.92. The highest BCUT2D eigenvalue weighted by atomic mass is 16.5. The lowest BCUT2D eigenvalue weighted by molar-refractivity contribution is 0.108. The summed E-state index contributed by atoms with van der Waals surface area (Å²) in [7, 11) is 4.27. The summed E-state index contributed by atoms with van der Waals surface area (Å²) in [5.41, 5.74) is 6.27. The third-order valence-corrected chi connectivity index (χ3v) is 3.35. The zero-order chi connectivity index (χ0) is 12.3. The van der Waals surface area contributed by atoms with Gasteiger partial charge in [0.15, 0.2) is 0 Å². The van der Waals surface area contributed by atoms with Crippen LogP contribution in [0.15, 0.2) is 12.5 Å². The summed E-state index contributed by atoms with van der Waals surface area (Å²) >= 11 is 0. The van der Waals surface area contributed by atoms with E-state index >= 15 is 0 Å². The van der Waals surface area contributed by atoms with Gasteiger partial charge in [-0.05, 0) is 39.8 Å². The highest BCUT2D eigenvalue weighted by molar-refractivity contribution is 5.44. The van der Waals surface area contributed by atoms with E-state index in [1.807, 2.05) is 0 Å². The molecule has 0 radical (unpaired) electrons. The average molecular weight is 236 g/mol. The van der Waals surface area contributed by atoms with Crippen molar-refractivity contribution >= 4 is 5.69 Å². The first kappa shape index (κ1) is 12.1. The van der Waals surface area contributed by atoms with Gasteiger partial charge in [-0.2, -0.15) is 4.98 Å². The molecule has 0 bridgehead atoms. The number of rotatable bonds is 3. The maximum atomic E-state index is 5.82. The number of nitrogens with zero attached hydrogens (tertiary/aromatic N) is 3. The Morgan fingerprint density at radius 1 is 1.29 bits per heavy atom. The first-order chi connectivity index (χ1) is 8.16. The fourth-order valence-corrected chi connectivity index (χ4v) is 2.26. The number of nitrogen functional groups attached to an aromatic ring is 1. The predicted octanol–water partition coefficient (Wildman–Crippen LogP) is 1.31. The Hall–Kier alpha value is -1.36. The highest BCUT2D eigenvalue weighted by Crippen LogP contribution is 2.26. The molecule has 5 nitrogen and oxygen atoms in total. The van der Waals surface area contributed by atoms with E-state index in [-0.39, 0.29) is 6.10 Å². The second-order valence-electron chi connectivity index (χ2n) is 4.80. The number of ether oxygens (including phenoxy) is 1. The van der Waals surface area contributed by atoms with E-state index in [9.17, 15) is 0 Å². The van der Waals surface area contributed by atoms with Crippen LogP contribution in [-0.4, -0.2) is 41.1 Å². The van der Waals surface area contributed by atoms with E-state index < -0.39 is 0 Å². The van der Waals surface area contributed by atoms with Crippen LogP contribution in [0, 0.1) is 0 Å². The van der Waals surface area contributed by atoms with Gasteiger partial charge in [-0.15, -0.1) is 0 Å². The SMILES string of the molecule is CN(C)C1CCC(Oc2ncncc2N)CC1. The molecule has 1 aliphatic carbocycles. The van der Waals surface area contributed by atoms with E-state index in [1.54, 1.807) is 6.20 Å². The van der Waals surface area contributed by atoms with Gasteiger partial charge in [-0.1, -0.05) is 0 Å². The van der Waals surface area contributed by atoms with Crippen LogP contribution in [0.1, 0.15) is 25.7 Å². The second-order valence-corrected chi connectivity index (χ2v) is 4.80. The van der Waals surface area contributed by atoms with Crippen LogP contribution in [0.3, 0.4) is 0 Å². The summed E-state index contributed by atoms with van der Waals surface area (Å²) < 4.78 is 5.82. The Morgan fingerprint density at radius 2 is 2.00 bits per heavy atom. The summed E-state index contributed by atoms with van der Waals surface area (Å²) in [6.07, 6.45) is 7.75. The van der Waals surface area contributed by atoms with Crippen LogP contribution in [-0.2, 0) is 0 Å². The van der Waals surface area contributed by atoms with Gasteiger partial charge in [0.2, 0.25) is 5.88 Å². The lowest BCUT2D eigenvalue weighted by Gasteiger charge is -2.32. The molecular weight excluding hydrogens is 216 g/mol. The predicted molar refractivity (Wildman–Crippen MR) is 66.8 cm³/mol. The minimum atomic E-state index is 0.239. The van der Waals surface area contributed by atoms with Gasteiger partial charge in [-0.25, -0.2) is 4.98 Å². The van der Waals surface area contributed by atoms with Crippen LogP contribution < -0.4 is 10.5 Å². The fourth-order valence-electron chi connectivity index (χ4n) is 2.26. The minimum absolute atomic E-state index is 0.239. The van der Waals surface area contributed by atoms with Gasteiger partial charge < -0.3 is 15.4 Å². The quantitative estimate of drug-likeness (QED) is 0.857. The largest absolute Gasteiger partial charge is 0.473 e. The lowest BCUT2D eigenvalue weighted by Crippen LogP contribution is -2.35. The highest BCUT2D eigenvalue weighted by Gasteiger charge is 2.24. The molecule has 1 heterocycles. The molecule has 0 atom stereocenters. The molecule has 1 aliphatic rings. The summed E-state index contributed by atoms with van der Waals surface area (Å²) in [6.45, 7) is 0. The molecule has 0 saturated heterocycles. The molecule has 2 N–H and O–H groups in total. The Kier molecular flexibility index (Phi) is 3.78. The number of hydrogen-bond acceptors (Lipinski definition) is 5. The fraction of sp³-hybridized carbons (Fsp3) is 0.667. The molecule has 1 aromatic rings. The first-order valence-electron chi connectivity index (χ1n) is 6.05. The average Bonchev–Trinajstić information content (AvgIpc) is 2.33. The van der Waals surface area contributed by atoms with E-state index in [1.165, 1.54) is 19.2 Å². The number of hydrogen-bond donors (Lipinski definition) is 1. The van der Waals surface area contributed by atoms with Crippen LogP contribution in [0.5, 0.6) is 5.88 Å². The van der Waals surface area contributed by atoms with E-state index in [4.69, 9.17) is 10.5 Å². The molecule has 17 heavy (non-hydrogen) atoms. The van der Waals surface area contributed by atoms with Crippen LogP contribution >= 0.6 is 0 Å². The Balaban J connectivity index is 1.88. The maximum absolute atomic E-state index is 5.82. The van der Waals surface area contributed by atoms with Crippen molar-refractivity contribution in [3.63, 3.8) is 0 Å². The monoisotopic (exact) mass is 236 g/mol. The van der Waals surface area contributed by atoms with Crippen molar-refractivity contribution in [1.82, 2.24) is 14.9 Å². The van der Waals surface area contributed by atoms with E-state index in [0.29, 0.717) is 17.6 Å². The van der Waals surface area contributed by atoms with Crippen molar-refractivity contribution < 1.29 is 4.74 Å². The van der Waals surface area contributed by atoms with Crippen molar-refractivity contribution in [2.24, 2.45) is 0 Å². The summed E-state index contributed by atoms with van der Waals surface area (Å²) in [5.74, 6) is 0.522. The molecular formula is C12H20N4O. The molecule has 0 spiro atoms. The third-order valence-electron chi connectivity index (χ3n) is 3.35. The molecule has 0 unspecified atom stereocenters. The molecule has 0 aliphatic heterocycles. The third kappa shape index (κ3) is 3.06. The molecule has 1 aromatic heterocycles. The van der Waals surface area contributed by atoms with Crippen molar-refractivity contribution in [2.75, 3.05) is 19.8 Å². The number of aromatic nitrogens is 2. The summed E-state index contributed by atoms with van der Waals surface area (Å²) in [5, 5.41) is 0. The van der Waals surface area contributed by atoms with E-state index in [0.717, 1.165) is 12.8 Å².